The zero-order valence-electron chi connectivity index (χ0n) is 14.0. The van der Waals surface area contributed by atoms with Crippen LogP contribution in [0.15, 0.2) is 89.8 Å². The Bertz CT molecular complexity index is 892. The molecule has 128 valence electrons. The summed E-state index contributed by atoms with van der Waals surface area (Å²) < 4.78 is 25.9. The Morgan fingerprint density at radius 1 is 0.760 bits per heavy atom. The van der Waals surface area contributed by atoms with Crippen molar-refractivity contribution in [3.05, 3.63) is 102 Å². The molecule has 0 unspecified atom stereocenters. The monoisotopic (exact) mass is 352 g/mol. The molecule has 0 atom stereocenters. The molecule has 0 aromatic heterocycles. The third kappa shape index (κ3) is 3.65. The molecule has 0 saturated heterocycles. The van der Waals surface area contributed by atoms with Gasteiger partial charge in [0.1, 0.15) is 5.60 Å². The third-order valence-corrected chi connectivity index (χ3v) is 6.07. The van der Waals surface area contributed by atoms with Crippen molar-refractivity contribution in [3.63, 3.8) is 0 Å². The van der Waals surface area contributed by atoms with Gasteiger partial charge in [0.2, 0.25) is 0 Å². The van der Waals surface area contributed by atoms with Crippen LogP contribution in [0.2, 0.25) is 0 Å². The number of aryl methyl sites for hydroxylation is 1. The molecule has 1 N–H and O–H groups in total. The highest BCUT2D eigenvalue weighted by Crippen LogP contribution is 2.33. The van der Waals surface area contributed by atoms with E-state index < -0.39 is 21.2 Å². The number of aliphatic hydroxyl groups is 1. The zero-order chi connectivity index (χ0) is 17.9. The highest BCUT2D eigenvalue weighted by Gasteiger charge is 2.37. The average molecular weight is 352 g/mol. The van der Waals surface area contributed by atoms with E-state index in [1.54, 1.807) is 72.8 Å². The molecular weight excluding hydrogens is 332 g/mol. The van der Waals surface area contributed by atoms with Gasteiger partial charge in [-0.15, -0.1) is 0 Å². The van der Waals surface area contributed by atoms with E-state index in [0.29, 0.717) is 11.1 Å². The molecule has 0 fully saturated rings. The lowest BCUT2D eigenvalue weighted by Gasteiger charge is -2.29. The summed E-state index contributed by atoms with van der Waals surface area (Å²) in [5, 5.41) is 11.4. The van der Waals surface area contributed by atoms with E-state index in [2.05, 4.69) is 0 Å². The Morgan fingerprint density at radius 2 is 1.20 bits per heavy atom. The van der Waals surface area contributed by atoms with Gasteiger partial charge in [-0.1, -0.05) is 78.4 Å². The molecule has 3 aromatic carbocycles. The molecule has 3 nitrogen and oxygen atoms in total. The van der Waals surface area contributed by atoms with Gasteiger partial charge in [-0.25, -0.2) is 8.42 Å². The first kappa shape index (κ1) is 17.4. The second-order valence-electron chi connectivity index (χ2n) is 6.16. The van der Waals surface area contributed by atoms with Gasteiger partial charge in [-0.3, -0.25) is 0 Å². The number of hydrogen-bond donors (Lipinski definition) is 1. The first-order valence-corrected chi connectivity index (χ1v) is 9.70. The fourth-order valence-corrected chi connectivity index (χ4v) is 4.47. The highest BCUT2D eigenvalue weighted by atomic mass is 32.2. The summed E-state index contributed by atoms with van der Waals surface area (Å²) in [6.45, 7) is 1.90. The van der Waals surface area contributed by atoms with E-state index in [-0.39, 0.29) is 4.90 Å². The molecule has 0 amide bonds. The molecule has 0 radical (unpaired) electrons. The van der Waals surface area contributed by atoms with E-state index >= 15 is 0 Å². The molecule has 0 aliphatic rings. The van der Waals surface area contributed by atoms with Crippen molar-refractivity contribution < 1.29 is 13.5 Å². The van der Waals surface area contributed by atoms with E-state index in [0.717, 1.165) is 5.56 Å². The lowest BCUT2D eigenvalue weighted by atomic mass is 9.88. The van der Waals surface area contributed by atoms with E-state index in [1.165, 1.54) is 0 Å². The van der Waals surface area contributed by atoms with Gasteiger partial charge in [0.05, 0.1) is 10.6 Å². The van der Waals surface area contributed by atoms with Crippen LogP contribution < -0.4 is 0 Å². The summed E-state index contributed by atoms with van der Waals surface area (Å²) >= 11 is 0. The van der Waals surface area contributed by atoms with Crippen LogP contribution in [0.1, 0.15) is 16.7 Å². The first-order chi connectivity index (χ1) is 11.9. The summed E-state index contributed by atoms with van der Waals surface area (Å²) in [5.74, 6) is -0.420. The van der Waals surface area contributed by atoms with Gasteiger partial charge in [0.15, 0.2) is 9.84 Å². The maximum atomic E-state index is 12.9. The maximum absolute atomic E-state index is 12.9. The Morgan fingerprint density at radius 3 is 1.64 bits per heavy atom. The van der Waals surface area contributed by atoms with E-state index in [9.17, 15) is 13.5 Å². The largest absolute Gasteiger partial charge is 0.379 e. The van der Waals surface area contributed by atoms with E-state index in [4.69, 9.17) is 0 Å². The van der Waals surface area contributed by atoms with Crippen molar-refractivity contribution in [2.24, 2.45) is 0 Å². The van der Waals surface area contributed by atoms with Gasteiger partial charge < -0.3 is 5.11 Å². The lowest BCUT2D eigenvalue weighted by molar-refractivity contribution is 0.105. The van der Waals surface area contributed by atoms with Crippen molar-refractivity contribution in [3.8, 4) is 0 Å². The van der Waals surface area contributed by atoms with Crippen LogP contribution in [0.4, 0.5) is 0 Å². The smallest absolute Gasteiger partial charge is 0.181 e. The lowest BCUT2D eigenvalue weighted by Crippen LogP contribution is -2.35. The molecular formula is C21H20O3S. The third-order valence-electron chi connectivity index (χ3n) is 4.28. The molecule has 0 bridgehead atoms. The Kier molecular flexibility index (Phi) is 4.75. The summed E-state index contributed by atoms with van der Waals surface area (Å²) in [6.07, 6.45) is 0. The minimum Gasteiger partial charge on any atom is -0.379 e. The number of rotatable bonds is 5. The molecule has 0 aliphatic heterocycles. The van der Waals surface area contributed by atoms with Crippen LogP contribution in [0.5, 0.6) is 0 Å². The van der Waals surface area contributed by atoms with Crippen LogP contribution in [0.3, 0.4) is 0 Å². The normalized spacial score (nSPS) is 12.1. The predicted molar refractivity (Wildman–Crippen MR) is 99.1 cm³/mol. The molecule has 0 spiro atoms. The number of hydrogen-bond acceptors (Lipinski definition) is 3. The zero-order valence-corrected chi connectivity index (χ0v) is 14.8. The fourth-order valence-electron chi connectivity index (χ4n) is 2.87. The highest BCUT2D eigenvalue weighted by molar-refractivity contribution is 7.91. The van der Waals surface area contributed by atoms with Gasteiger partial charge in [-0.2, -0.15) is 0 Å². The minimum absolute atomic E-state index is 0.211. The molecule has 0 heterocycles. The van der Waals surface area contributed by atoms with Crippen molar-refractivity contribution >= 4 is 9.84 Å². The van der Waals surface area contributed by atoms with Crippen LogP contribution in [0.25, 0.3) is 0 Å². The SMILES string of the molecule is Cc1ccc(S(=O)(=O)CC(O)(c2ccccc2)c2ccccc2)cc1. The fraction of sp³-hybridized carbons (Fsp3) is 0.143. The Labute approximate surface area is 148 Å². The first-order valence-electron chi connectivity index (χ1n) is 8.05. The van der Waals surface area contributed by atoms with Gasteiger partial charge in [-0.05, 0) is 30.2 Å². The van der Waals surface area contributed by atoms with Crippen molar-refractivity contribution in [1.29, 1.82) is 0 Å². The Balaban J connectivity index is 2.09. The average Bonchev–Trinajstić information content (AvgIpc) is 2.63. The van der Waals surface area contributed by atoms with Crippen molar-refractivity contribution in [2.75, 3.05) is 5.75 Å². The Hall–Kier alpha value is -2.43. The molecule has 0 saturated carbocycles. The van der Waals surface area contributed by atoms with Crippen LogP contribution in [-0.4, -0.2) is 19.3 Å². The predicted octanol–water partition coefficient (Wildman–Crippen LogP) is 3.70. The standard InChI is InChI=1S/C21H20O3S/c1-17-12-14-20(15-13-17)25(23,24)16-21(22,18-8-4-2-5-9-18)19-10-6-3-7-11-19/h2-15,22H,16H2,1H3. The van der Waals surface area contributed by atoms with Crippen LogP contribution in [-0.2, 0) is 15.4 Å². The minimum atomic E-state index is -3.68. The molecule has 4 heteroatoms. The number of benzene rings is 3. The molecule has 3 aromatic rings. The number of sulfone groups is 1. The van der Waals surface area contributed by atoms with E-state index in [1.807, 2.05) is 19.1 Å². The topological polar surface area (TPSA) is 54.4 Å². The van der Waals surface area contributed by atoms with Gasteiger partial charge in [0.25, 0.3) is 0 Å². The molecule has 3 rings (SSSR count). The summed E-state index contributed by atoms with van der Waals surface area (Å²) in [5.41, 5.74) is 0.473. The van der Waals surface area contributed by atoms with Gasteiger partial charge in [0, 0.05) is 0 Å². The summed E-state index contributed by atoms with van der Waals surface area (Å²) in [7, 11) is -3.68. The van der Waals surface area contributed by atoms with Crippen LogP contribution >= 0.6 is 0 Å². The molecule has 25 heavy (non-hydrogen) atoms. The van der Waals surface area contributed by atoms with Crippen LogP contribution in [0, 0.1) is 6.92 Å². The van der Waals surface area contributed by atoms with Gasteiger partial charge >= 0.3 is 0 Å². The summed E-state index contributed by atoms with van der Waals surface area (Å²) in [6, 6.07) is 24.5. The summed E-state index contributed by atoms with van der Waals surface area (Å²) in [4.78, 5) is 0.211. The second kappa shape index (κ2) is 6.82. The quantitative estimate of drug-likeness (QED) is 0.762. The second-order valence-corrected chi connectivity index (χ2v) is 8.15. The molecule has 0 aliphatic carbocycles. The van der Waals surface area contributed by atoms with Crippen molar-refractivity contribution in [2.45, 2.75) is 17.4 Å². The maximum Gasteiger partial charge on any atom is 0.181 e. The van der Waals surface area contributed by atoms with Crippen molar-refractivity contribution in [1.82, 2.24) is 0 Å².